The molecule has 130 valence electrons. The van der Waals surface area contributed by atoms with E-state index in [0.29, 0.717) is 17.4 Å². The van der Waals surface area contributed by atoms with Crippen molar-refractivity contribution in [3.05, 3.63) is 48.5 Å². The first kappa shape index (κ1) is 16.3. The molecule has 1 N–H and O–H groups in total. The van der Waals surface area contributed by atoms with Crippen molar-refractivity contribution in [1.29, 1.82) is 0 Å². The van der Waals surface area contributed by atoms with Gasteiger partial charge in [-0.25, -0.2) is 8.42 Å². The van der Waals surface area contributed by atoms with Gasteiger partial charge in [0.25, 0.3) is 0 Å². The van der Waals surface area contributed by atoms with Crippen LogP contribution in [-0.4, -0.2) is 31.2 Å². The first-order valence-corrected chi connectivity index (χ1v) is 9.87. The molecule has 5 nitrogen and oxygen atoms in total. The molecule has 2 bridgehead atoms. The molecule has 2 aliphatic heterocycles. The highest BCUT2D eigenvalue weighted by Crippen LogP contribution is 2.43. The maximum absolute atomic E-state index is 12.8. The summed E-state index contributed by atoms with van der Waals surface area (Å²) in [6.45, 7) is 2.14. The summed E-state index contributed by atoms with van der Waals surface area (Å²) in [6.07, 6.45) is 2.02. The van der Waals surface area contributed by atoms with Gasteiger partial charge < -0.3 is 5.32 Å². The molecule has 0 aromatic heterocycles. The van der Waals surface area contributed by atoms with E-state index in [-0.39, 0.29) is 11.9 Å². The fourth-order valence-corrected chi connectivity index (χ4v) is 5.41. The fraction of sp³-hybridized carbons (Fsp3) is 0.316. The molecule has 1 aliphatic carbocycles. The average molecular weight is 356 g/mol. The Bertz CT molecular complexity index is 899. The van der Waals surface area contributed by atoms with Gasteiger partial charge in [-0.1, -0.05) is 24.3 Å². The molecule has 25 heavy (non-hydrogen) atoms. The molecule has 5 rings (SSSR count). The van der Waals surface area contributed by atoms with Crippen LogP contribution in [0.15, 0.2) is 53.4 Å². The summed E-state index contributed by atoms with van der Waals surface area (Å²) >= 11 is 0. The number of nitrogens with zero attached hydrogens (tertiary/aromatic N) is 1. The van der Waals surface area contributed by atoms with Gasteiger partial charge in [0.2, 0.25) is 15.9 Å². The van der Waals surface area contributed by atoms with Crippen molar-refractivity contribution in [1.82, 2.24) is 4.31 Å². The van der Waals surface area contributed by atoms with Crippen LogP contribution in [0.1, 0.15) is 19.8 Å². The van der Waals surface area contributed by atoms with Gasteiger partial charge in [0.1, 0.15) is 0 Å². The molecule has 1 amide bonds. The van der Waals surface area contributed by atoms with E-state index >= 15 is 0 Å². The third kappa shape index (κ3) is 2.96. The molecule has 3 fully saturated rings. The van der Waals surface area contributed by atoms with Crippen LogP contribution in [0, 0.1) is 5.92 Å². The topological polar surface area (TPSA) is 66.5 Å². The Kier molecular flexibility index (Phi) is 3.89. The van der Waals surface area contributed by atoms with Gasteiger partial charge in [0.05, 0.1) is 4.90 Å². The molecule has 0 atom stereocenters. The Morgan fingerprint density at radius 1 is 1.00 bits per heavy atom. The molecule has 0 spiro atoms. The lowest BCUT2D eigenvalue weighted by Gasteiger charge is -2.25. The highest BCUT2D eigenvalue weighted by atomic mass is 32.2. The van der Waals surface area contributed by atoms with E-state index in [1.165, 1.54) is 6.92 Å². The molecule has 2 aromatic carbocycles. The molecule has 6 heteroatoms. The van der Waals surface area contributed by atoms with Crippen molar-refractivity contribution in [2.75, 3.05) is 11.9 Å². The predicted molar refractivity (Wildman–Crippen MR) is 96.6 cm³/mol. The summed E-state index contributed by atoms with van der Waals surface area (Å²) in [5, 5.41) is 2.73. The second-order valence-electron chi connectivity index (χ2n) is 6.85. The molecule has 1 saturated carbocycles. The molecule has 0 radical (unpaired) electrons. The minimum absolute atomic E-state index is 0.109. The van der Waals surface area contributed by atoms with Gasteiger partial charge in [-0.2, -0.15) is 4.31 Å². The van der Waals surface area contributed by atoms with Crippen molar-refractivity contribution in [3.8, 4) is 11.1 Å². The summed E-state index contributed by atoms with van der Waals surface area (Å²) < 4.78 is 27.2. The Balaban J connectivity index is 1.54. The highest BCUT2D eigenvalue weighted by Gasteiger charge is 2.48. The molecule has 3 aliphatic rings. The van der Waals surface area contributed by atoms with Gasteiger partial charge in [0.15, 0.2) is 0 Å². The third-order valence-electron chi connectivity index (χ3n) is 5.06. The van der Waals surface area contributed by atoms with Crippen molar-refractivity contribution in [2.45, 2.75) is 30.7 Å². The summed E-state index contributed by atoms with van der Waals surface area (Å²) in [4.78, 5) is 11.4. The lowest BCUT2D eigenvalue weighted by molar-refractivity contribution is -0.114. The van der Waals surface area contributed by atoms with Crippen LogP contribution >= 0.6 is 0 Å². The summed E-state index contributed by atoms with van der Waals surface area (Å²) in [5.74, 6) is 0.447. The second kappa shape index (κ2) is 5.97. The van der Waals surface area contributed by atoms with Crippen molar-refractivity contribution >= 4 is 21.6 Å². The Hall–Kier alpha value is -2.18. The van der Waals surface area contributed by atoms with E-state index in [4.69, 9.17) is 0 Å². The molecule has 2 heterocycles. The number of amides is 1. The van der Waals surface area contributed by atoms with Crippen molar-refractivity contribution in [2.24, 2.45) is 5.92 Å². The summed E-state index contributed by atoms with van der Waals surface area (Å²) in [6, 6.07) is 14.7. The number of sulfonamides is 1. The Labute approximate surface area is 147 Å². The number of hydrogen-bond acceptors (Lipinski definition) is 3. The number of rotatable bonds is 4. The maximum Gasteiger partial charge on any atom is 0.243 e. The number of nitrogens with one attached hydrogen (secondary N) is 1. The van der Waals surface area contributed by atoms with Crippen LogP contribution in [0.5, 0.6) is 0 Å². The number of anilines is 1. The number of benzene rings is 2. The van der Waals surface area contributed by atoms with E-state index in [2.05, 4.69) is 5.32 Å². The zero-order valence-electron chi connectivity index (χ0n) is 14.0. The molecule has 2 aromatic rings. The summed E-state index contributed by atoms with van der Waals surface area (Å²) in [7, 11) is -3.38. The smallest absolute Gasteiger partial charge is 0.243 e. The number of fused-ring (bicyclic) bond motifs is 1. The Morgan fingerprint density at radius 3 is 2.04 bits per heavy atom. The van der Waals surface area contributed by atoms with Crippen LogP contribution in [-0.2, 0) is 14.8 Å². The molecule has 0 unspecified atom stereocenters. The zero-order chi connectivity index (χ0) is 17.6. The van der Waals surface area contributed by atoms with Gasteiger partial charge in [0, 0.05) is 25.2 Å². The van der Waals surface area contributed by atoms with E-state index < -0.39 is 10.0 Å². The lowest BCUT2D eigenvalue weighted by Crippen LogP contribution is -2.34. The van der Waals surface area contributed by atoms with E-state index in [1.54, 1.807) is 16.4 Å². The molecular formula is C19H20N2O3S. The average Bonchev–Trinajstić information content (AvgIpc) is 3.17. The van der Waals surface area contributed by atoms with Gasteiger partial charge >= 0.3 is 0 Å². The van der Waals surface area contributed by atoms with Gasteiger partial charge in [-0.15, -0.1) is 0 Å². The van der Waals surface area contributed by atoms with Crippen LogP contribution in [0.4, 0.5) is 5.69 Å². The first-order valence-electron chi connectivity index (χ1n) is 8.43. The van der Waals surface area contributed by atoms with E-state index in [9.17, 15) is 13.2 Å². The van der Waals surface area contributed by atoms with E-state index in [0.717, 1.165) is 29.7 Å². The van der Waals surface area contributed by atoms with Crippen molar-refractivity contribution in [3.63, 3.8) is 0 Å². The number of carbonyl (C=O) groups is 1. The minimum atomic E-state index is -3.38. The lowest BCUT2D eigenvalue weighted by atomic mass is 9.87. The highest BCUT2D eigenvalue weighted by molar-refractivity contribution is 7.89. The van der Waals surface area contributed by atoms with Crippen LogP contribution in [0.3, 0.4) is 0 Å². The Morgan fingerprint density at radius 2 is 1.56 bits per heavy atom. The first-order chi connectivity index (χ1) is 11.9. The minimum Gasteiger partial charge on any atom is -0.326 e. The SMILES string of the molecule is CC(=O)Nc1ccc(-c2ccc(S(=O)(=O)N3CC4CC3C4)cc2)cc1. The molecule has 2 saturated heterocycles. The van der Waals surface area contributed by atoms with Crippen molar-refractivity contribution < 1.29 is 13.2 Å². The van der Waals surface area contributed by atoms with Crippen LogP contribution < -0.4 is 5.32 Å². The van der Waals surface area contributed by atoms with Gasteiger partial charge in [-0.05, 0) is 54.2 Å². The number of carbonyl (C=O) groups excluding carboxylic acids is 1. The number of hydrogen-bond donors (Lipinski definition) is 1. The molecular weight excluding hydrogens is 336 g/mol. The monoisotopic (exact) mass is 356 g/mol. The zero-order valence-corrected chi connectivity index (χ0v) is 14.8. The standard InChI is InChI=1S/C19H20N2O3S/c1-13(22)20-17-6-2-15(3-7-17)16-4-8-19(9-5-16)25(23,24)21-12-14-10-18(21)11-14/h2-9,14,18H,10-12H2,1H3,(H,20,22). The normalized spacial score (nSPS) is 22.4. The fourth-order valence-electron chi connectivity index (χ4n) is 3.69. The second-order valence-corrected chi connectivity index (χ2v) is 8.74. The predicted octanol–water partition coefficient (Wildman–Crippen LogP) is 3.09. The quantitative estimate of drug-likeness (QED) is 0.915. The van der Waals surface area contributed by atoms with Crippen LogP contribution in [0.25, 0.3) is 11.1 Å². The van der Waals surface area contributed by atoms with Crippen LogP contribution in [0.2, 0.25) is 0 Å². The summed E-state index contributed by atoms with van der Waals surface area (Å²) in [5.41, 5.74) is 2.66. The maximum atomic E-state index is 12.8. The van der Waals surface area contributed by atoms with E-state index in [1.807, 2.05) is 36.4 Å². The largest absolute Gasteiger partial charge is 0.326 e. The van der Waals surface area contributed by atoms with Gasteiger partial charge in [-0.3, -0.25) is 4.79 Å². The third-order valence-corrected chi connectivity index (χ3v) is 6.99.